The van der Waals surface area contributed by atoms with Crippen LogP contribution < -0.4 is 0 Å². The van der Waals surface area contributed by atoms with Crippen molar-refractivity contribution in [1.82, 2.24) is 18.9 Å². The Morgan fingerprint density at radius 1 is 1.23 bits per heavy atom. The molecule has 0 saturated carbocycles. The fraction of sp³-hybridized carbons (Fsp3) is 0.227. The molecule has 0 fully saturated rings. The van der Waals surface area contributed by atoms with Crippen molar-refractivity contribution >= 4 is 50.3 Å². The van der Waals surface area contributed by atoms with Gasteiger partial charge in [-0.3, -0.25) is 0 Å². The number of thiophene rings is 1. The van der Waals surface area contributed by atoms with Crippen LogP contribution in [-0.2, 0) is 16.2 Å². The minimum absolute atomic E-state index is 0.00219. The van der Waals surface area contributed by atoms with Gasteiger partial charge in [0.1, 0.15) is 15.5 Å². The average Bonchev–Trinajstić information content (AvgIpc) is 3.46. The zero-order valence-electron chi connectivity index (χ0n) is 20.0. The standard InChI is InChI=1S/C15H8F5N3O2.C7H10ClN2O3S2/c16-12(17)11-5-10(7-1-3-8(4-2-7)15(18,19)20)22-13-9(14(24)25)6-21-23(11)13;1-10(2-3-11)15(12,13)6-4-5(9)7(8)14-6/h1-6,12H,(H,24,25);4,9,11H,2-3H2,1H3/q;-1. The Balaban J connectivity index is 0.000000252. The second-order valence-electron chi connectivity index (χ2n) is 7.84. The summed E-state index contributed by atoms with van der Waals surface area (Å²) in [7, 11) is -2.25. The molecule has 4 rings (SSSR count). The number of nitrogens with zero attached hydrogens (tertiary/aromatic N) is 4. The van der Waals surface area contributed by atoms with E-state index in [0.717, 1.165) is 52.2 Å². The Morgan fingerprint density at radius 2 is 1.85 bits per heavy atom. The monoisotopic (exact) mass is 626 g/mol. The van der Waals surface area contributed by atoms with Crippen LogP contribution in [0.4, 0.5) is 27.6 Å². The Bertz CT molecular complexity index is 1610. The van der Waals surface area contributed by atoms with Crippen LogP contribution in [0.3, 0.4) is 0 Å². The third-order valence-electron chi connectivity index (χ3n) is 5.20. The highest BCUT2D eigenvalue weighted by Gasteiger charge is 2.30. The number of carbonyl (C=O) groups is 1. The van der Waals surface area contributed by atoms with E-state index in [0.29, 0.717) is 4.52 Å². The van der Waals surface area contributed by atoms with E-state index >= 15 is 0 Å². The van der Waals surface area contributed by atoms with Crippen LogP contribution in [0.2, 0.25) is 4.34 Å². The lowest BCUT2D eigenvalue weighted by Crippen LogP contribution is -2.28. The van der Waals surface area contributed by atoms with Crippen molar-refractivity contribution in [2.45, 2.75) is 16.8 Å². The summed E-state index contributed by atoms with van der Waals surface area (Å²) in [6, 6.07) is 5.89. The number of carboxylic acids is 1. The van der Waals surface area contributed by atoms with Crippen LogP contribution in [0.15, 0.2) is 46.8 Å². The summed E-state index contributed by atoms with van der Waals surface area (Å²) < 4.78 is 89.7. The molecule has 0 atom stereocenters. The first-order chi connectivity index (χ1) is 18.6. The Hall–Kier alpha value is -3.38. The van der Waals surface area contributed by atoms with Crippen LogP contribution in [0.1, 0.15) is 28.0 Å². The number of hydrogen-bond donors (Lipinski definition) is 2. The molecule has 10 nitrogen and oxygen atoms in total. The number of rotatable bonds is 7. The molecule has 0 aliphatic carbocycles. The maximum Gasteiger partial charge on any atom is 0.416 e. The SMILES string of the molecule is CN(CCO)S(=O)(=O)c1cc([NH-])c(Cl)s1.O=C(O)c1cnn2c(C(F)F)cc(-c3ccc(C(F)(F)F)cc3)nc12. The first kappa shape index (κ1) is 31.2. The molecule has 0 saturated heterocycles. The molecule has 4 aromatic rings. The Labute approximate surface area is 232 Å². The van der Waals surface area contributed by atoms with Crippen LogP contribution in [-0.4, -0.2) is 63.7 Å². The van der Waals surface area contributed by atoms with E-state index in [1.807, 2.05) is 0 Å². The van der Waals surface area contributed by atoms with Gasteiger partial charge < -0.3 is 15.9 Å². The van der Waals surface area contributed by atoms with Crippen molar-refractivity contribution in [2.24, 2.45) is 0 Å². The molecule has 0 aliphatic heterocycles. The van der Waals surface area contributed by atoms with Crippen molar-refractivity contribution in [3.63, 3.8) is 0 Å². The molecule has 0 aliphatic rings. The molecule has 0 amide bonds. The topological polar surface area (TPSA) is 149 Å². The maximum atomic E-state index is 13.2. The van der Waals surface area contributed by atoms with E-state index in [2.05, 4.69) is 10.1 Å². The number of aliphatic hydroxyl groups is 1. The molecular formula is C22H18ClF5N5O5S2-. The van der Waals surface area contributed by atoms with Crippen molar-refractivity contribution in [1.29, 1.82) is 0 Å². The second kappa shape index (κ2) is 12.0. The number of aromatic carboxylic acids is 1. The summed E-state index contributed by atoms with van der Waals surface area (Å²) in [6.07, 6.45) is -6.64. The lowest BCUT2D eigenvalue weighted by atomic mass is 10.1. The summed E-state index contributed by atoms with van der Waals surface area (Å²) in [6.45, 7) is -0.228. The van der Waals surface area contributed by atoms with E-state index in [-0.39, 0.29) is 44.3 Å². The molecule has 3 heterocycles. The van der Waals surface area contributed by atoms with Crippen LogP contribution in [0.25, 0.3) is 22.6 Å². The summed E-state index contributed by atoms with van der Waals surface area (Å²) in [4.78, 5) is 15.1. The van der Waals surface area contributed by atoms with Gasteiger partial charge in [-0.05, 0) is 24.3 Å². The van der Waals surface area contributed by atoms with Gasteiger partial charge >= 0.3 is 12.1 Å². The second-order valence-corrected chi connectivity index (χ2v) is 11.8. The summed E-state index contributed by atoms with van der Waals surface area (Å²) in [5, 5.41) is 21.3. The highest BCUT2D eigenvalue weighted by molar-refractivity contribution is 7.91. The van der Waals surface area contributed by atoms with E-state index in [1.54, 1.807) is 0 Å². The van der Waals surface area contributed by atoms with E-state index in [4.69, 9.17) is 27.5 Å². The van der Waals surface area contributed by atoms with Gasteiger partial charge in [0, 0.05) is 19.2 Å². The third kappa shape index (κ3) is 6.67. The number of likely N-dealkylation sites (N-methyl/N-ethyl adjacent to an activating group) is 1. The molecule has 0 unspecified atom stereocenters. The minimum atomic E-state index is -4.54. The van der Waals surface area contributed by atoms with E-state index < -0.39 is 45.4 Å². The summed E-state index contributed by atoms with van der Waals surface area (Å²) in [5.74, 6) is -1.41. The van der Waals surface area contributed by atoms with Crippen LogP contribution >= 0.6 is 22.9 Å². The predicted molar refractivity (Wildman–Crippen MR) is 136 cm³/mol. The molecular weight excluding hydrogens is 609 g/mol. The number of aliphatic hydroxyl groups excluding tert-OH is 1. The van der Waals surface area contributed by atoms with Gasteiger partial charge in [-0.25, -0.2) is 31.5 Å². The first-order valence-corrected chi connectivity index (χ1v) is 13.4. The predicted octanol–water partition coefficient (Wildman–Crippen LogP) is 5.75. The zero-order chi connectivity index (χ0) is 30.0. The Kier molecular flexibility index (Phi) is 9.35. The van der Waals surface area contributed by atoms with Crippen LogP contribution in [0.5, 0.6) is 0 Å². The summed E-state index contributed by atoms with van der Waals surface area (Å²) >= 11 is 6.46. The highest BCUT2D eigenvalue weighted by Crippen LogP contribution is 2.37. The van der Waals surface area contributed by atoms with Gasteiger partial charge in [-0.2, -0.15) is 22.6 Å². The van der Waals surface area contributed by atoms with Crippen LogP contribution in [0, 0.1) is 0 Å². The van der Waals surface area contributed by atoms with E-state index in [9.17, 15) is 35.2 Å². The number of nitrogens with one attached hydrogen (secondary N) is 1. The average molecular weight is 627 g/mol. The minimum Gasteiger partial charge on any atom is -0.697 e. The van der Waals surface area contributed by atoms with Gasteiger partial charge in [0.25, 0.3) is 16.4 Å². The zero-order valence-corrected chi connectivity index (χ0v) is 22.4. The van der Waals surface area contributed by atoms with Crippen molar-refractivity contribution < 1.29 is 45.4 Å². The third-order valence-corrected chi connectivity index (χ3v) is 8.87. The number of hydrogen-bond acceptors (Lipinski definition) is 7. The van der Waals surface area contributed by atoms with Gasteiger partial charge in [-0.15, -0.1) is 17.0 Å². The molecule has 0 bridgehead atoms. The molecule has 0 radical (unpaired) electrons. The molecule has 216 valence electrons. The smallest absolute Gasteiger partial charge is 0.416 e. The number of sulfonamides is 1. The number of halogens is 6. The normalized spacial score (nSPS) is 12.2. The lowest BCUT2D eigenvalue weighted by molar-refractivity contribution is -0.137. The number of fused-ring (bicyclic) bond motifs is 1. The fourth-order valence-electron chi connectivity index (χ4n) is 3.16. The van der Waals surface area contributed by atoms with Crippen molar-refractivity contribution in [3.8, 4) is 11.3 Å². The maximum absolute atomic E-state index is 13.2. The molecule has 3 aromatic heterocycles. The summed E-state index contributed by atoms with van der Waals surface area (Å²) in [5.41, 5.74) is 5.13. The number of carboxylic acid groups (broad SMARTS) is 1. The van der Waals surface area contributed by atoms with Gasteiger partial charge in [0.2, 0.25) is 0 Å². The molecule has 40 heavy (non-hydrogen) atoms. The molecule has 18 heteroatoms. The lowest BCUT2D eigenvalue weighted by Gasteiger charge is -2.13. The first-order valence-electron chi connectivity index (χ1n) is 10.7. The number of aromatic nitrogens is 3. The Morgan fingerprint density at radius 3 is 2.33 bits per heavy atom. The van der Waals surface area contributed by atoms with Gasteiger partial charge in [-0.1, -0.05) is 23.7 Å². The number of benzene rings is 1. The van der Waals surface area contributed by atoms with E-state index in [1.165, 1.54) is 13.1 Å². The van der Waals surface area contributed by atoms with Crippen molar-refractivity contribution in [2.75, 3.05) is 20.2 Å². The van der Waals surface area contributed by atoms with Gasteiger partial charge in [0.15, 0.2) is 5.65 Å². The number of alkyl halides is 5. The van der Waals surface area contributed by atoms with Gasteiger partial charge in [0.05, 0.1) is 28.4 Å². The molecule has 0 spiro atoms. The van der Waals surface area contributed by atoms with Crippen molar-refractivity contribution in [3.05, 3.63) is 69.5 Å². The largest absolute Gasteiger partial charge is 0.697 e. The fourth-order valence-corrected chi connectivity index (χ4v) is 6.07. The molecule has 1 aromatic carbocycles. The molecule has 3 N–H and O–H groups in total. The highest BCUT2D eigenvalue weighted by atomic mass is 35.5. The quantitative estimate of drug-likeness (QED) is 0.248.